The van der Waals surface area contributed by atoms with E-state index in [4.69, 9.17) is 76.4 Å². The van der Waals surface area contributed by atoms with Crippen LogP contribution in [0.3, 0.4) is 0 Å². The molecule has 0 aliphatic carbocycles. The van der Waals surface area contributed by atoms with Crippen molar-refractivity contribution in [1.29, 1.82) is 0 Å². The molecule has 0 bridgehead atoms. The molecule has 0 unspecified atom stereocenters. The van der Waals surface area contributed by atoms with Gasteiger partial charge in [-0.2, -0.15) is 0 Å². The lowest BCUT2D eigenvalue weighted by Crippen LogP contribution is -2.57. The molecule has 2 aromatic carbocycles. The average molecular weight is 257 g/mol. The van der Waals surface area contributed by atoms with Crippen molar-refractivity contribution >= 4 is 125 Å². The Kier molecular flexibility index (Phi) is 4.52. The Morgan fingerprint density at radius 3 is 0.909 bits per heavy atom. The third-order valence-electron chi connectivity index (χ3n) is 3.65. The number of hydrogen-bond donors (Lipinski definition) is 1. The average Bonchev–Trinajstić information content (AvgIpc) is 2.50. The molecular weight excluding hydrogens is 255 g/mol. The summed E-state index contributed by atoms with van der Waals surface area (Å²) in [5.41, 5.74) is 6.90. The van der Waals surface area contributed by atoms with Gasteiger partial charge in [-0.25, -0.2) is 0 Å². The van der Waals surface area contributed by atoms with Crippen LogP contribution in [0.25, 0.3) is 11.1 Å². The molecule has 22 heavy (non-hydrogen) atoms. The summed E-state index contributed by atoms with van der Waals surface area (Å²) in [5.74, 6) is 0. The van der Waals surface area contributed by atoms with Crippen LogP contribution in [-0.2, 0) is 0 Å². The van der Waals surface area contributed by atoms with Crippen LogP contribution < -0.4 is 54.9 Å². The molecule has 1 nitrogen and oxygen atoms in total. The Balaban J connectivity index is 3.03. The second-order valence-corrected chi connectivity index (χ2v) is 4.89. The summed E-state index contributed by atoms with van der Waals surface area (Å²) in [5, 5.41) is 0. The molecule has 0 aromatic heterocycles. The lowest BCUT2D eigenvalue weighted by molar-refractivity contribution is 1.84. The van der Waals surface area contributed by atoms with Crippen LogP contribution in [0.4, 0.5) is 5.69 Å². The highest BCUT2D eigenvalue weighted by molar-refractivity contribution is 6.70. The van der Waals surface area contributed by atoms with Crippen LogP contribution in [-0.4, -0.2) is 70.6 Å². The molecule has 82 valence electrons. The fraction of sp³-hybridized carbons (Fsp3) is 0. The van der Waals surface area contributed by atoms with Crippen molar-refractivity contribution in [2.45, 2.75) is 0 Å². The summed E-state index contributed by atoms with van der Waals surface area (Å²) in [6.07, 6.45) is 0. The smallest absolute Gasteiger partial charge is 0.115 e. The van der Waals surface area contributed by atoms with Gasteiger partial charge in [0, 0.05) is 5.69 Å². The maximum Gasteiger partial charge on any atom is 0.115 e. The SMILES string of the molecule is [B]c1c([B])c([B])c(-c2c([B])c([B])c(N)c([B])c2[B])c([B])c1[B]. The van der Waals surface area contributed by atoms with E-state index < -0.39 is 0 Å². The maximum atomic E-state index is 6.00. The molecule has 0 aliphatic rings. The molecule has 0 fully saturated rings. The first kappa shape index (κ1) is 17.2. The van der Waals surface area contributed by atoms with Gasteiger partial charge in [0.05, 0.1) is 0 Å². The van der Waals surface area contributed by atoms with Crippen LogP contribution in [0.1, 0.15) is 0 Å². The molecule has 0 heterocycles. The molecular formula is C12H2B9N. The van der Waals surface area contributed by atoms with E-state index in [1.165, 1.54) is 0 Å². The highest BCUT2D eigenvalue weighted by Crippen LogP contribution is 2.07. The normalized spacial score (nSPS) is 10.7. The Morgan fingerprint density at radius 2 is 0.591 bits per heavy atom. The molecule has 2 N–H and O–H groups in total. The van der Waals surface area contributed by atoms with Crippen molar-refractivity contribution in [3.05, 3.63) is 0 Å². The molecule has 2 rings (SSSR count). The maximum absolute atomic E-state index is 6.00. The van der Waals surface area contributed by atoms with E-state index in [0.717, 1.165) is 0 Å². The predicted molar refractivity (Wildman–Crippen MR) is 105 cm³/mol. The molecule has 2 aromatic rings. The first-order chi connectivity index (χ1) is 10.1. The van der Waals surface area contributed by atoms with Crippen LogP contribution in [0, 0.1) is 0 Å². The van der Waals surface area contributed by atoms with E-state index in [1.54, 1.807) is 0 Å². The van der Waals surface area contributed by atoms with Gasteiger partial charge in [0.1, 0.15) is 70.6 Å². The highest BCUT2D eigenvalue weighted by atomic mass is 14.6. The monoisotopic (exact) mass is 259 g/mol. The van der Waals surface area contributed by atoms with Gasteiger partial charge in [-0.1, -0.05) is 32.8 Å². The van der Waals surface area contributed by atoms with Gasteiger partial charge in [-0.15, -0.1) is 16.4 Å². The van der Waals surface area contributed by atoms with Gasteiger partial charge in [-0.05, 0) is 11.1 Å². The van der Waals surface area contributed by atoms with E-state index in [9.17, 15) is 0 Å². The molecule has 0 spiro atoms. The zero-order valence-corrected chi connectivity index (χ0v) is 11.8. The Morgan fingerprint density at radius 1 is 0.364 bits per heavy atom. The number of anilines is 1. The van der Waals surface area contributed by atoms with Crippen LogP contribution >= 0.6 is 0 Å². The molecule has 0 saturated carbocycles. The van der Waals surface area contributed by atoms with Gasteiger partial charge in [0.25, 0.3) is 0 Å². The van der Waals surface area contributed by atoms with Crippen molar-refractivity contribution in [2.24, 2.45) is 0 Å². The fourth-order valence-corrected chi connectivity index (χ4v) is 2.24. The molecule has 0 saturated heterocycles. The van der Waals surface area contributed by atoms with E-state index >= 15 is 0 Å². The zero-order valence-electron chi connectivity index (χ0n) is 11.8. The topological polar surface area (TPSA) is 26.0 Å². The van der Waals surface area contributed by atoms with Crippen LogP contribution in [0.15, 0.2) is 0 Å². The van der Waals surface area contributed by atoms with Gasteiger partial charge < -0.3 is 5.73 Å². The fourth-order valence-electron chi connectivity index (χ4n) is 2.24. The van der Waals surface area contributed by atoms with E-state index in [0.29, 0.717) is 0 Å². The largest absolute Gasteiger partial charge is 0.400 e. The number of rotatable bonds is 1. The minimum absolute atomic E-state index is 0.0643. The Bertz CT molecular complexity index is 675. The van der Waals surface area contributed by atoms with Crippen molar-refractivity contribution in [3.63, 3.8) is 0 Å². The van der Waals surface area contributed by atoms with E-state index in [1.807, 2.05) is 0 Å². The summed E-state index contributed by atoms with van der Waals surface area (Å²) < 4.78 is 0. The molecule has 0 atom stereocenters. The quantitative estimate of drug-likeness (QED) is 0.399. The standard InChI is InChI=1S/C12H2B9N/c13-3-1(4(14)8(18)9(19)7(3)17)2-5(15)10(20)12(22)11(21)6(2)16/h22H2. The van der Waals surface area contributed by atoms with Gasteiger partial charge in [0.2, 0.25) is 0 Å². The second-order valence-electron chi connectivity index (χ2n) is 4.89. The lowest BCUT2D eigenvalue weighted by atomic mass is 9.56. The lowest BCUT2D eigenvalue weighted by Gasteiger charge is -2.27. The van der Waals surface area contributed by atoms with Crippen molar-refractivity contribution in [2.75, 3.05) is 5.73 Å². The van der Waals surface area contributed by atoms with E-state index in [-0.39, 0.29) is 66.0 Å². The summed E-state index contributed by atoms with van der Waals surface area (Å²) in [6.45, 7) is 0. The number of nitrogen functional groups attached to an aromatic ring is 1. The van der Waals surface area contributed by atoms with Gasteiger partial charge in [0.15, 0.2) is 0 Å². The van der Waals surface area contributed by atoms with Crippen molar-refractivity contribution < 1.29 is 0 Å². The first-order valence-corrected chi connectivity index (χ1v) is 6.14. The molecule has 10 heteroatoms. The summed E-state index contributed by atoms with van der Waals surface area (Å²) in [7, 11) is 53.1. The predicted octanol–water partition coefficient (Wildman–Crippen LogP) is -7.92. The van der Waals surface area contributed by atoms with Crippen molar-refractivity contribution in [1.82, 2.24) is 0 Å². The van der Waals surface area contributed by atoms with Crippen LogP contribution in [0.2, 0.25) is 0 Å². The summed E-state index contributed by atoms with van der Waals surface area (Å²) >= 11 is 0. The number of hydrogen-bond acceptors (Lipinski definition) is 1. The second kappa shape index (κ2) is 5.79. The Hall–Kier alpha value is -1.18. The molecule has 18 radical (unpaired) electrons. The highest BCUT2D eigenvalue weighted by Gasteiger charge is 2.18. The van der Waals surface area contributed by atoms with Crippen molar-refractivity contribution in [3.8, 4) is 11.1 Å². The first-order valence-electron chi connectivity index (χ1n) is 6.14. The third kappa shape index (κ3) is 2.32. The minimum atomic E-state index is 0.0643. The molecule has 0 aliphatic heterocycles. The number of nitrogens with two attached hydrogens (primary N) is 1. The minimum Gasteiger partial charge on any atom is -0.400 e. The van der Waals surface area contributed by atoms with Crippen LogP contribution in [0.5, 0.6) is 0 Å². The van der Waals surface area contributed by atoms with E-state index in [2.05, 4.69) is 0 Å². The third-order valence-corrected chi connectivity index (χ3v) is 3.65. The number of benzene rings is 2. The van der Waals surface area contributed by atoms with Gasteiger partial charge in [-0.3, -0.25) is 0 Å². The Labute approximate surface area is 142 Å². The summed E-state index contributed by atoms with van der Waals surface area (Å²) in [6, 6.07) is 0. The van der Waals surface area contributed by atoms with Gasteiger partial charge >= 0.3 is 0 Å². The molecule has 0 amide bonds. The zero-order chi connectivity index (χ0) is 16.9. The summed E-state index contributed by atoms with van der Waals surface area (Å²) in [4.78, 5) is 0.